The summed E-state index contributed by atoms with van der Waals surface area (Å²) in [6.45, 7) is 5.11. The number of para-hydroxylation sites is 1. The van der Waals surface area contributed by atoms with Gasteiger partial charge < -0.3 is 14.8 Å². The standard InChI is InChI=1S/C28H29N5O2/c1-20-16-21(2)18-23(17-20)30-26(34)22-10-14-32(15-11-22)28(35)25-19-29-33(24-8-4-3-5-9-24)27(25)31-12-6-7-13-31/h3-9,12-13,16-19,22H,10-11,14-15H2,1-2H3,(H,30,34). The smallest absolute Gasteiger partial charge is 0.259 e. The monoisotopic (exact) mass is 467 g/mol. The molecule has 0 saturated carbocycles. The maximum atomic E-state index is 13.6. The molecule has 0 spiro atoms. The van der Waals surface area contributed by atoms with Crippen molar-refractivity contribution in [2.75, 3.05) is 18.4 Å². The van der Waals surface area contributed by atoms with Crippen LogP contribution in [0, 0.1) is 19.8 Å². The topological polar surface area (TPSA) is 72.2 Å². The average Bonchev–Trinajstić information content (AvgIpc) is 3.53. The minimum atomic E-state index is -0.115. The molecule has 0 aliphatic carbocycles. The van der Waals surface area contributed by atoms with E-state index in [1.54, 1.807) is 10.9 Å². The molecule has 0 radical (unpaired) electrons. The van der Waals surface area contributed by atoms with Crippen LogP contribution < -0.4 is 5.32 Å². The first-order chi connectivity index (χ1) is 17.0. The summed E-state index contributed by atoms with van der Waals surface area (Å²) in [6.07, 6.45) is 6.74. The molecular weight excluding hydrogens is 438 g/mol. The van der Waals surface area contributed by atoms with Gasteiger partial charge >= 0.3 is 0 Å². The van der Waals surface area contributed by atoms with E-state index in [1.165, 1.54) is 0 Å². The zero-order chi connectivity index (χ0) is 24.4. The van der Waals surface area contributed by atoms with Gasteiger partial charge in [0.1, 0.15) is 5.56 Å². The van der Waals surface area contributed by atoms with E-state index in [4.69, 9.17) is 0 Å². The van der Waals surface area contributed by atoms with Crippen molar-refractivity contribution in [3.8, 4) is 11.5 Å². The first-order valence-electron chi connectivity index (χ1n) is 11.9. The van der Waals surface area contributed by atoms with Gasteiger partial charge in [0.2, 0.25) is 5.91 Å². The molecule has 2 aromatic heterocycles. The van der Waals surface area contributed by atoms with Crippen LogP contribution in [0.2, 0.25) is 0 Å². The summed E-state index contributed by atoms with van der Waals surface area (Å²) < 4.78 is 3.70. The zero-order valence-corrected chi connectivity index (χ0v) is 20.0. The van der Waals surface area contributed by atoms with E-state index >= 15 is 0 Å². The molecule has 2 amide bonds. The summed E-state index contributed by atoms with van der Waals surface area (Å²) in [5, 5.41) is 7.61. The molecule has 0 bridgehead atoms. The van der Waals surface area contributed by atoms with Gasteiger partial charge in [-0.05, 0) is 74.2 Å². The van der Waals surface area contributed by atoms with E-state index in [2.05, 4.69) is 16.5 Å². The van der Waals surface area contributed by atoms with E-state index in [9.17, 15) is 9.59 Å². The lowest BCUT2D eigenvalue weighted by Crippen LogP contribution is -2.41. The number of nitrogens with one attached hydrogen (secondary N) is 1. The van der Waals surface area contributed by atoms with Gasteiger partial charge in [-0.25, -0.2) is 4.68 Å². The molecule has 35 heavy (non-hydrogen) atoms. The summed E-state index contributed by atoms with van der Waals surface area (Å²) >= 11 is 0. The van der Waals surface area contributed by atoms with Crippen LogP contribution in [0.15, 0.2) is 79.3 Å². The molecule has 1 saturated heterocycles. The molecule has 1 fully saturated rings. The highest BCUT2D eigenvalue weighted by Gasteiger charge is 2.30. The maximum Gasteiger partial charge on any atom is 0.259 e. The molecule has 1 aliphatic heterocycles. The average molecular weight is 468 g/mol. The Morgan fingerprint density at radius 3 is 2.23 bits per heavy atom. The number of hydrogen-bond acceptors (Lipinski definition) is 3. The van der Waals surface area contributed by atoms with Crippen molar-refractivity contribution >= 4 is 17.5 Å². The number of likely N-dealkylation sites (tertiary alicyclic amines) is 1. The van der Waals surface area contributed by atoms with Gasteiger partial charge in [0.15, 0.2) is 5.82 Å². The highest BCUT2D eigenvalue weighted by Crippen LogP contribution is 2.25. The number of carbonyl (C=O) groups is 2. The Morgan fingerprint density at radius 2 is 1.57 bits per heavy atom. The zero-order valence-electron chi connectivity index (χ0n) is 20.0. The summed E-state index contributed by atoms with van der Waals surface area (Å²) in [5.74, 6) is 0.549. The number of aromatic nitrogens is 3. The molecule has 1 N–H and O–H groups in total. The summed E-state index contributed by atoms with van der Waals surface area (Å²) in [4.78, 5) is 28.3. The molecule has 3 heterocycles. The Hall–Kier alpha value is -4.13. The van der Waals surface area contributed by atoms with Crippen LogP contribution in [0.3, 0.4) is 0 Å². The Labute approximate surface area is 205 Å². The van der Waals surface area contributed by atoms with Crippen molar-refractivity contribution in [2.45, 2.75) is 26.7 Å². The first-order valence-corrected chi connectivity index (χ1v) is 11.9. The number of anilines is 1. The lowest BCUT2D eigenvalue weighted by Gasteiger charge is -2.31. The lowest BCUT2D eigenvalue weighted by molar-refractivity contribution is -0.121. The van der Waals surface area contributed by atoms with Crippen LogP contribution in [0.1, 0.15) is 34.3 Å². The fourth-order valence-electron chi connectivity index (χ4n) is 4.78. The Bertz CT molecular complexity index is 1310. The number of piperidine rings is 1. The second-order valence-electron chi connectivity index (χ2n) is 9.15. The molecule has 0 atom stereocenters. The van der Waals surface area contributed by atoms with Crippen molar-refractivity contribution in [2.24, 2.45) is 5.92 Å². The number of nitrogens with zero attached hydrogens (tertiary/aromatic N) is 4. The summed E-state index contributed by atoms with van der Waals surface area (Å²) in [7, 11) is 0. The minimum Gasteiger partial charge on any atom is -0.338 e. The Morgan fingerprint density at radius 1 is 0.914 bits per heavy atom. The van der Waals surface area contributed by atoms with Gasteiger partial charge in [-0.2, -0.15) is 5.10 Å². The van der Waals surface area contributed by atoms with E-state index in [1.807, 2.05) is 90.3 Å². The van der Waals surface area contributed by atoms with Crippen molar-refractivity contribution in [1.82, 2.24) is 19.2 Å². The number of aryl methyl sites for hydroxylation is 2. The van der Waals surface area contributed by atoms with Crippen molar-refractivity contribution in [3.05, 3.63) is 95.9 Å². The van der Waals surface area contributed by atoms with E-state index in [-0.39, 0.29) is 17.7 Å². The number of rotatable bonds is 5. The number of amides is 2. The second-order valence-corrected chi connectivity index (χ2v) is 9.15. The third-order valence-corrected chi connectivity index (χ3v) is 6.47. The van der Waals surface area contributed by atoms with Gasteiger partial charge in [-0.15, -0.1) is 0 Å². The van der Waals surface area contributed by atoms with E-state index in [0.29, 0.717) is 37.3 Å². The van der Waals surface area contributed by atoms with Crippen molar-refractivity contribution in [1.29, 1.82) is 0 Å². The quantitative estimate of drug-likeness (QED) is 0.460. The van der Waals surface area contributed by atoms with E-state index < -0.39 is 0 Å². The van der Waals surface area contributed by atoms with Crippen LogP contribution in [-0.2, 0) is 4.79 Å². The third kappa shape index (κ3) is 4.75. The Balaban J connectivity index is 1.31. The van der Waals surface area contributed by atoms with E-state index in [0.717, 1.165) is 22.5 Å². The number of carbonyl (C=O) groups excluding carboxylic acids is 2. The maximum absolute atomic E-state index is 13.6. The highest BCUT2D eigenvalue weighted by molar-refractivity contribution is 5.98. The predicted molar refractivity (Wildman–Crippen MR) is 136 cm³/mol. The van der Waals surface area contributed by atoms with Crippen LogP contribution in [0.5, 0.6) is 0 Å². The SMILES string of the molecule is Cc1cc(C)cc(NC(=O)C2CCN(C(=O)c3cnn(-c4ccccc4)c3-n3cccc3)CC2)c1. The van der Waals surface area contributed by atoms with Crippen LogP contribution in [0.25, 0.3) is 11.5 Å². The first kappa shape index (κ1) is 22.7. The largest absolute Gasteiger partial charge is 0.338 e. The molecule has 178 valence electrons. The van der Waals surface area contributed by atoms with Gasteiger partial charge in [-0.1, -0.05) is 24.3 Å². The minimum absolute atomic E-state index is 0.0204. The fraction of sp³-hybridized carbons (Fsp3) is 0.250. The molecule has 7 nitrogen and oxygen atoms in total. The highest BCUT2D eigenvalue weighted by atomic mass is 16.2. The molecule has 4 aromatic rings. The van der Waals surface area contributed by atoms with Gasteiger partial charge in [0, 0.05) is 37.1 Å². The normalized spacial score (nSPS) is 14.2. The van der Waals surface area contributed by atoms with Crippen LogP contribution >= 0.6 is 0 Å². The fourth-order valence-corrected chi connectivity index (χ4v) is 4.78. The van der Waals surface area contributed by atoms with Crippen LogP contribution in [0.4, 0.5) is 5.69 Å². The van der Waals surface area contributed by atoms with Crippen molar-refractivity contribution < 1.29 is 9.59 Å². The van der Waals surface area contributed by atoms with Crippen molar-refractivity contribution in [3.63, 3.8) is 0 Å². The molecular formula is C28H29N5O2. The lowest BCUT2D eigenvalue weighted by atomic mass is 9.95. The predicted octanol–water partition coefficient (Wildman–Crippen LogP) is 4.77. The Kier molecular flexibility index (Phi) is 6.23. The number of hydrogen-bond donors (Lipinski definition) is 1. The molecule has 0 unspecified atom stereocenters. The number of benzene rings is 2. The third-order valence-electron chi connectivity index (χ3n) is 6.47. The molecule has 5 rings (SSSR count). The van der Waals surface area contributed by atoms with Gasteiger partial charge in [-0.3, -0.25) is 9.59 Å². The molecule has 7 heteroatoms. The summed E-state index contributed by atoms with van der Waals surface area (Å²) in [6, 6.07) is 19.7. The van der Waals surface area contributed by atoms with Gasteiger partial charge in [0.05, 0.1) is 11.9 Å². The van der Waals surface area contributed by atoms with Gasteiger partial charge in [0.25, 0.3) is 5.91 Å². The molecule has 2 aromatic carbocycles. The van der Waals surface area contributed by atoms with Crippen LogP contribution in [-0.4, -0.2) is 44.2 Å². The second kappa shape index (κ2) is 9.62. The summed E-state index contributed by atoms with van der Waals surface area (Å²) in [5.41, 5.74) is 4.50. The molecule has 1 aliphatic rings.